The van der Waals surface area contributed by atoms with Crippen molar-refractivity contribution in [3.8, 4) is 0 Å². The van der Waals surface area contributed by atoms with Gasteiger partial charge in [0.25, 0.3) is 0 Å². The van der Waals surface area contributed by atoms with Crippen molar-refractivity contribution in [1.82, 2.24) is 11.0 Å². The molecule has 0 spiro atoms. The number of hydrogen-bond donors (Lipinski definition) is 2. The first-order valence-electron chi connectivity index (χ1n) is 5.91. The predicted octanol–water partition coefficient (Wildman–Crippen LogP) is -1.18. The van der Waals surface area contributed by atoms with Gasteiger partial charge in [-0.1, -0.05) is 0 Å². The number of ether oxygens (including phenoxy) is 2. The number of nitrogens with one attached hydrogen (secondary N) is 2. The summed E-state index contributed by atoms with van der Waals surface area (Å²) in [6.45, 7) is 3.01. The smallest absolute Gasteiger partial charge is 0.103 e. The minimum atomic E-state index is 0.0803. The summed E-state index contributed by atoms with van der Waals surface area (Å²) in [6.07, 6.45) is 0.161. The molecule has 0 aliphatic carbocycles. The Bertz CT molecular complexity index is 262. The first-order valence-corrected chi connectivity index (χ1v) is 5.91. The van der Waals surface area contributed by atoms with E-state index >= 15 is 0 Å². The lowest BCUT2D eigenvalue weighted by molar-refractivity contribution is -0.0741. The summed E-state index contributed by atoms with van der Waals surface area (Å²) in [4.78, 5) is 10.6. The van der Waals surface area contributed by atoms with Gasteiger partial charge in [0.15, 0.2) is 0 Å². The van der Waals surface area contributed by atoms with Crippen molar-refractivity contribution in [3.63, 3.8) is 0 Å². The Kier molecular flexibility index (Phi) is 2.21. The molecule has 16 heavy (non-hydrogen) atoms. The molecule has 0 bridgehead atoms. The van der Waals surface area contributed by atoms with E-state index in [9.17, 15) is 0 Å². The highest BCUT2D eigenvalue weighted by Crippen LogP contribution is 2.35. The molecule has 6 nitrogen and oxygen atoms in total. The van der Waals surface area contributed by atoms with Gasteiger partial charge < -0.3 is 19.1 Å². The molecule has 0 aromatic rings. The average Bonchev–Trinajstić information content (AvgIpc) is 2.97. The molecule has 90 valence electrons. The number of rotatable bonds is 1. The van der Waals surface area contributed by atoms with Crippen molar-refractivity contribution in [3.05, 3.63) is 0 Å². The van der Waals surface area contributed by atoms with Crippen LogP contribution in [0.3, 0.4) is 0 Å². The third-order valence-electron chi connectivity index (χ3n) is 4.09. The average molecular weight is 228 g/mol. The predicted molar refractivity (Wildman–Crippen MR) is 52.2 cm³/mol. The van der Waals surface area contributed by atoms with Crippen molar-refractivity contribution in [2.45, 2.75) is 24.3 Å². The van der Waals surface area contributed by atoms with Crippen LogP contribution in [-0.4, -0.2) is 50.7 Å². The minimum Gasteiger partial charge on any atom is -0.373 e. The standard InChI is InChI=1S/C10H16N2O4/c1-5-3-15-11-7(5)9(13-1)10-8-6(2-14-10)4-16-12-8/h5-12H,1-4H2/t5-,6?,7+,8?,9+,10?/m1/s1. The highest BCUT2D eigenvalue weighted by atomic mass is 16.7. The largest absolute Gasteiger partial charge is 0.373 e. The van der Waals surface area contributed by atoms with Crippen molar-refractivity contribution < 1.29 is 19.1 Å². The molecule has 0 aromatic heterocycles. The summed E-state index contributed by atoms with van der Waals surface area (Å²) in [5, 5.41) is 0. The molecule has 4 rings (SSSR count). The highest BCUT2D eigenvalue weighted by molar-refractivity contribution is 5.02. The summed E-state index contributed by atoms with van der Waals surface area (Å²) in [5.74, 6) is 0.935. The molecule has 0 saturated carbocycles. The zero-order chi connectivity index (χ0) is 10.5. The van der Waals surface area contributed by atoms with Gasteiger partial charge in [0, 0.05) is 11.8 Å². The normalized spacial score (nSPS) is 55.5. The third-order valence-corrected chi connectivity index (χ3v) is 4.09. The Morgan fingerprint density at radius 2 is 1.19 bits per heavy atom. The van der Waals surface area contributed by atoms with E-state index in [-0.39, 0.29) is 24.3 Å². The van der Waals surface area contributed by atoms with Crippen LogP contribution < -0.4 is 11.0 Å². The zero-order valence-corrected chi connectivity index (χ0v) is 8.93. The molecule has 4 fully saturated rings. The van der Waals surface area contributed by atoms with Gasteiger partial charge in [-0.05, 0) is 0 Å². The van der Waals surface area contributed by atoms with Gasteiger partial charge in [-0.25, -0.2) is 0 Å². The van der Waals surface area contributed by atoms with E-state index < -0.39 is 0 Å². The van der Waals surface area contributed by atoms with Gasteiger partial charge in [0.05, 0.1) is 38.5 Å². The van der Waals surface area contributed by atoms with E-state index in [1.165, 1.54) is 0 Å². The summed E-state index contributed by atoms with van der Waals surface area (Å²) in [7, 11) is 0. The van der Waals surface area contributed by atoms with Gasteiger partial charge in [0.2, 0.25) is 0 Å². The molecule has 4 aliphatic rings. The molecule has 2 N–H and O–H groups in total. The molecule has 4 saturated heterocycles. The lowest BCUT2D eigenvalue weighted by Crippen LogP contribution is -2.49. The summed E-state index contributed by atoms with van der Waals surface area (Å²) >= 11 is 0. The summed E-state index contributed by atoms with van der Waals surface area (Å²) < 4.78 is 11.7. The number of hydroxylamine groups is 2. The lowest BCUT2D eigenvalue weighted by atomic mass is 9.92. The Hall–Kier alpha value is -0.240. The fourth-order valence-corrected chi connectivity index (χ4v) is 3.15. The molecule has 0 radical (unpaired) electrons. The lowest BCUT2D eigenvalue weighted by Gasteiger charge is -2.26. The second kappa shape index (κ2) is 3.63. The number of fused-ring (bicyclic) bond motifs is 2. The first kappa shape index (κ1) is 9.76. The van der Waals surface area contributed by atoms with Crippen LogP contribution in [0.2, 0.25) is 0 Å². The van der Waals surface area contributed by atoms with Crippen LogP contribution in [0.4, 0.5) is 0 Å². The zero-order valence-electron chi connectivity index (χ0n) is 8.93. The SMILES string of the molecule is C1ONC2C1COC2[C@H]1OC[C@@H]2CON[C@@H]21. The van der Waals surface area contributed by atoms with Crippen molar-refractivity contribution in [2.24, 2.45) is 11.8 Å². The van der Waals surface area contributed by atoms with Crippen LogP contribution in [0.15, 0.2) is 0 Å². The van der Waals surface area contributed by atoms with E-state index in [4.69, 9.17) is 19.1 Å². The van der Waals surface area contributed by atoms with Crippen LogP contribution in [-0.2, 0) is 19.1 Å². The maximum Gasteiger partial charge on any atom is 0.103 e. The van der Waals surface area contributed by atoms with Gasteiger partial charge in [0.1, 0.15) is 12.2 Å². The highest BCUT2D eigenvalue weighted by Gasteiger charge is 2.53. The van der Waals surface area contributed by atoms with E-state index in [1.54, 1.807) is 0 Å². The Morgan fingerprint density at radius 1 is 0.688 bits per heavy atom. The van der Waals surface area contributed by atoms with Gasteiger partial charge >= 0.3 is 0 Å². The summed E-state index contributed by atoms with van der Waals surface area (Å²) in [5.41, 5.74) is 6.10. The molecule has 6 atom stereocenters. The molecule has 3 unspecified atom stereocenters. The minimum absolute atomic E-state index is 0.0803. The quantitative estimate of drug-likeness (QED) is 0.589. The maximum atomic E-state index is 5.85. The molecule has 4 aliphatic heterocycles. The first-order chi connectivity index (χ1) is 7.93. The second-order valence-corrected chi connectivity index (χ2v) is 5.03. The van der Waals surface area contributed by atoms with Crippen molar-refractivity contribution >= 4 is 0 Å². The van der Waals surface area contributed by atoms with Crippen LogP contribution in [0.25, 0.3) is 0 Å². The van der Waals surface area contributed by atoms with Crippen LogP contribution in [0, 0.1) is 11.8 Å². The van der Waals surface area contributed by atoms with Gasteiger partial charge in [-0.2, -0.15) is 11.0 Å². The van der Waals surface area contributed by atoms with Gasteiger partial charge in [-0.3, -0.25) is 0 Å². The van der Waals surface area contributed by atoms with E-state index in [0.717, 1.165) is 26.4 Å². The molecular formula is C10H16N2O4. The Morgan fingerprint density at radius 3 is 1.69 bits per heavy atom. The molecule has 0 amide bonds. The summed E-state index contributed by atoms with van der Waals surface area (Å²) in [6, 6.07) is 0.539. The van der Waals surface area contributed by atoms with E-state index in [2.05, 4.69) is 11.0 Å². The Labute approximate surface area is 93.5 Å². The fraction of sp³-hybridized carbons (Fsp3) is 1.00. The van der Waals surface area contributed by atoms with E-state index in [0.29, 0.717) is 11.8 Å². The monoisotopic (exact) mass is 228 g/mol. The Balaban J connectivity index is 1.53. The second-order valence-electron chi connectivity index (χ2n) is 5.03. The fourth-order valence-electron chi connectivity index (χ4n) is 3.15. The van der Waals surface area contributed by atoms with Crippen molar-refractivity contribution in [1.29, 1.82) is 0 Å². The van der Waals surface area contributed by atoms with Crippen LogP contribution in [0.5, 0.6) is 0 Å². The van der Waals surface area contributed by atoms with Gasteiger partial charge in [-0.15, -0.1) is 0 Å². The molecule has 6 heteroatoms. The van der Waals surface area contributed by atoms with Crippen LogP contribution in [0.1, 0.15) is 0 Å². The van der Waals surface area contributed by atoms with Crippen LogP contribution >= 0.6 is 0 Å². The molecular weight excluding hydrogens is 212 g/mol. The van der Waals surface area contributed by atoms with Crippen molar-refractivity contribution in [2.75, 3.05) is 26.4 Å². The third kappa shape index (κ3) is 1.28. The molecule has 4 heterocycles. The topological polar surface area (TPSA) is 61.0 Å². The maximum absolute atomic E-state index is 5.85. The van der Waals surface area contributed by atoms with E-state index in [1.807, 2.05) is 0 Å². The number of hydrogen-bond acceptors (Lipinski definition) is 6. The molecule has 0 aromatic carbocycles.